The molecule has 1 heterocycles. The number of anilines is 1. The summed E-state index contributed by atoms with van der Waals surface area (Å²) in [5, 5.41) is 0. The van der Waals surface area contributed by atoms with E-state index in [9.17, 15) is 0 Å². The third-order valence-corrected chi connectivity index (χ3v) is 5.16. The van der Waals surface area contributed by atoms with E-state index in [0.29, 0.717) is 5.41 Å². The van der Waals surface area contributed by atoms with Gasteiger partial charge in [-0.15, -0.1) is 0 Å². The van der Waals surface area contributed by atoms with E-state index in [0.717, 1.165) is 24.7 Å². The van der Waals surface area contributed by atoms with E-state index in [1.54, 1.807) is 0 Å². The minimum absolute atomic E-state index is 0.564. The lowest BCUT2D eigenvalue weighted by atomic mass is 9.75. The van der Waals surface area contributed by atoms with E-state index in [1.807, 2.05) is 6.07 Å². The molecule has 0 atom stereocenters. The van der Waals surface area contributed by atoms with Crippen LogP contribution in [0, 0.1) is 5.41 Å². The summed E-state index contributed by atoms with van der Waals surface area (Å²) in [6, 6.07) is 7.19. The molecule has 0 aromatic heterocycles. The fraction of sp³-hybridized carbons (Fsp3) is 0.647. The summed E-state index contributed by atoms with van der Waals surface area (Å²) in [6.45, 7) is 7.11. The molecular weight excluding hydrogens is 232 g/mol. The van der Waals surface area contributed by atoms with Crippen molar-refractivity contribution in [2.24, 2.45) is 5.41 Å². The van der Waals surface area contributed by atoms with Crippen LogP contribution in [0.15, 0.2) is 18.2 Å². The summed E-state index contributed by atoms with van der Waals surface area (Å²) in [7, 11) is 0. The summed E-state index contributed by atoms with van der Waals surface area (Å²) in [6.07, 6.45) is 6.60. The van der Waals surface area contributed by atoms with Gasteiger partial charge in [-0.2, -0.15) is 0 Å². The van der Waals surface area contributed by atoms with Crippen LogP contribution in [0.4, 0.5) is 5.69 Å². The van der Waals surface area contributed by atoms with Crippen molar-refractivity contribution < 1.29 is 0 Å². The van der Waals surface area contributed by atoms with Gasteiger partial charge in [0.2, 0.25) is 0 Å². The zero-order valence-corrected chi connectivity index (χ0v) is 12.3. The Labute approximate surface area is 117 Å². The maximum absolute atomic E-state index is 6.08. The van der Waals surface area contributed by atoms with Crippen LogP contribution in [-0.2, 0) is 13.0 Å². The number of benzene rings is 1. The van der Waals surface area contributed by atoms with Gasteiger partial charge in [0, 0.05) is 24.8 Å². The lowest BCUT2D eigenvalue weighted by Crippen LogP contribution is -2.42. The Morgan fingerprint density at radius 1 is 1.21 bits per heavy atom. The normalized spacial score (nSPS) is 24.1. The zero-order chi connectivity index (χ0) is 13.5. The molecule has 0 unspecified atom stereocenters. The maximum Gasteiger partial charge on any atom is 0.0350 e. The number of rotatable bonds is 1. The molecule has 2 nitrogen and oxygen atoms in total. The molecule has 1 aliphatic heterocycles. The van der Waals surface area contributed by atoms with Gasteiger partial charge in [0.1, 0.15) is 0 Å². The highest BCUT2D eigenvalue weighted by Gasteiger charge is 2.31. The molecule has 2 heteroatoms. The number of fused-ring (bicyclic) bond motifs is 1. The lowest BCUT2D eigenvalue weighted by molar-refractivity contribution is 0.0967. The van der Waals surface area contributed by atoms with Gasteiger partial charge in [-0.25, -0.2) is 0 Å². The summed E-state index contributed by atoms with van der Waals surface area (Å²) in [5.74, 6) is 0. The first-order valence-corrected chi connectivity index (χ1v) is 7.65. The molecule has 104 valence electrons. The number of hydrogen-bond acceptors (Lipinski definition) is 2. The lowest BCUT2D eigenvalue weighted by Gasteiger charge is -2.42. The largest absolute Gasteiger partial charge is 0.398 e. The Hall–Kier alpha value is -1.02. The van der Waals surface area contributed by atoms with E-state index in [4.69, 9.17) is 5.73 Å². The molecule has 2 aliphatic rings. The van der Waals surface area contributed by atoms with Gasteiger partial charge in [0.05, 0.1) is 0 Å². The van der Waals surface area contributed by atoms with Crippen molar-refractivity contribution in [3.8, 4) is 0 Å². The Morgan fingerprint density at radius 3 is 2.68 bits per heavy atom. The quantitative estimate of drug-likeness (QED) is 0.780. The number of nitrogen functional groups attached to an aromatic ring is 1. The van der Waals surface area contributed by atoms with Crippen LogP contribution in [0.5, 0.6) is 0 Å². The molecule has 1 aromatic rings. The van der Waals surface area contributed by atoms with Crippen LogP contribution in [0.2, 0.25) is 0 Å². The standard InChI is InChI=1S/C17H26N2/c1-17(2)9-6-14(7-10-17)19-11-8-15-13(12-19)4-3-5-16(15)18/h3-5,14H,6-12,18H2,1-2H3. The molecule has 1 aliphatic carbocycles. The Kier molecular flexibility index (Phi) is 3.30. The fourth-order valence-electron chi connectivity index (χ4n) is 3.72. The van der Waals surface area contributed by atoms with Gasteiger partial charge in [0.15, 0.2) is 0 Å². The van der Waals surface area contributed by atoms with Crippen molar-refractivity contribution in [2.75, 3.05) is 12.3 Å². The minimum atomic E-state index is 0.564. The van der Waals surface area contributed by atoms with E-state index in [1.165, 1.54) is 43.4 Å². The van der Waals surface area contributed by atoms with Crippen LogP contribution >= 0.6 is 0 Å². The highest BCUT2D eigenvalue weighted by atomic mass is 15.2. The third-order valence-electron chi connectivity index (χ3n) is 5.16. The van der Waals surface area contributed by atoms with Crippen molar-refractivity contribution in [1.29, 1.82) is 0 Å². The molecule has 0 spiro atoms. The Balaban J connectivity index is 1.69. The second-order valence-electron chi connectivity index (χ2n) is 7.10. The molecule has 1 aromatic carbocycles. The van der Waals surface area contributed by atoms with Crippen molar-refractivity contribution in [3.63, 3.8) is 0 Å². The van der Waals surface area contributed by atoms with Crippen LogP contribution in [-0.4, -0.2) is 17.5 Å². The third kappa shape index (κ3) is 2.64. The Bertz CT molecular complexity index is 454. The number of hydrogen-bond donors (Lipinski definition) is 1. The molecule has 0 bridgehead atoms. The fourth-order valence-corrected chi connectivity index (χ4v) is 3.72. The highest BCUT2D eigenvalue weighted by molar-refractivity contribution is 5.51. The number of nitrogens with zero attached hydrogens (tertiary/aromatic N) is 1. The van der Waals surface area contributed by atoms with Gasteiger partial charge in [-0.3, -0.25) is 4.90 Å². The Morgan fingerprint density at radius 2 is 1.95 bits per heavy atom. The van der Waals surface area contributed by atoms with Crippen molar-refractivity contribution in [3.05, 3.63) is 29.3 Å². The molecule has 2 N–H and O–H groups in total. The predicted octanol–water partition coefficient (Wildman–Crippen LogP) is 3.60. The average molecular weight is 258 g/mol. The second kappa shape index (κ2) is 4.82. The van der Waals surface area contributed by atoms with E-state index >= 15 is 0 Å². The van der Waals surface area contributed by atoms with Crippen LogP contribution < -0.4 is 5.73 Å². The second-order valence-corrected chi connectivity index (χ2v) is 7.10. The van der Waals surface area contributed by atoms with Crippen molar-refractivity contribution >= 4 is 5.69 Å². The smallest absolute Gasteiger partial charge is 0.0350 e. The topological polar surface area (TPSA) is 29.3 Å². The molecular formula is C17H26N2. The molecule has 0 radical (unpaired) electrons. The van der Waals surface area contributed by atoms with Gasteiger partial charge in [0.25, 0.3) is 0 Å². The molecule has 1 saturated carbocycles. The summed E-state index contributed by atoms with van der Waals surface area (Å²) >= 11 is 0. The summed E-state index contributed by atoms with van der Waals surface area (Å²) in [5.41, 5.74) is 10.5. The molecule has 3 rings (SSSR count). The van der Waals surface area contributed by atoms with Crippen molar-refractivity contribution in [1.82, 2.24) is 4.90 Å². The first-order chi connectivity index (χ1) is 9.05. The SMILES string of the molecule is CC1(C)CCC(N2CCc3c(N)cccc3C2)CC1. The molecule has 19 heavy (non-hydrogen) atoms. The van der Waals surface area contributed by atoms with E-state index in [-0.39, 0.29) is 0 Å². The first-order valence-electron chi connectivity index (χ1n) is 7.65. The van der Waals surface area contributed by atoms with Crippen LogP contribution in [0.3, 0.4) is 0 Å². The van der Waals surface area contributed by atoms with Crippen molar-refractivity contribution in [2.45, 2.75) is 58.5 Å². The average Bonchev–Trinajstić information content (AvgIpc) is 2.38. The maximum atomic E-state index is 6.08. The predicted molar refractivity (Wildman–Crippen MR) is 81.0 cm³/mol. The summed E-state index contributed by atoms with van der Waals surface area (Å²) < 4.78 is 0. The molecule has 0 saturated heterocycles. The van der Waals surface area contributed by atoms with E-state index < -0.39 is 0 Å². The van der Waals surface area contributed by atoms with Gasteiger partial charge in [-0.1, -0.05) is 26.0 Å². The van der Waals surface area contributed by atoms with Crippen LogP contribution in [0.1, 0.15) is 50.7 Å². The first kappa shape index (κ1) is 13.0. The van der Waals surface area contributed by atoms with Gasteiger partial charge >= 0.3 is 0 Å². The molecule has 0 amide bonds. The molecule has 1 fully saturated rings. The van der Waals surface area contributed by atoms with Gasteiger partial charge < -0.3 is 5.73 Å². The zero-order valence-electron chi connectivity index (χ0n) is 12.3. The minimum Gasteiger partial charge on any atom is -0.398 e. The monoisotopic (exact) mass is 258 g/mol. The number of nitrogens with two attached hydrogens (primary N) is 1. The van der Waals surface area contributed by atoms with Crippen LogP contribution in [0.25, 0.3) is 0 Å². The highest BCUT2D eigenvalue weighted by Crippen LogP contribution is 2.38. The van der Waals surface area contributed by atoms with E-state index in [2.05, 4.69) is 30.9 Å². The summed E-state index contributed by atoms with van der Waals surface area (Å²) in [4.78, 5) is 2.69. The van der Waals surface area contributed by atoms with Gasteiger partial charge in [-0.05, 0) is 54.7 Å².